The highest BCUT2D eigenvalue weighted by Gasteiger charge is 2.24. The van der Waals surface area contributed by atoms with Crippen LogP contribution >= 0.6 is 0 Å². The summed E-state index contributed by atoms with van der Waals surface area (Å²) in [6, 6.07) is 8.25. The van der Waals surface area contributed by atoms with Crippen LogP contribution in [0.25, 0.3) is 0 Å². The van der Waals surface area contributed by atoms with Gasteiger partial charge in [-0.15, -0.1) is 0 Å². The Balaban J connectivity index is 1.89. The number of amides is 1. The second-order valence-electron chi connectivity index (χ2n) is 5.51. The van der Waals surface area contributed by atoms with Crippen molar-refractivity contribution in [2.24, 2.45) is 0 Å². The van der Waals surface area contributed by atoms with E-state index in [1.54, 1.807) is 12.1 Å². The third-order valence-corrected chi connectivity index (χ3v) is 3.88. The highest BCUT2D eigenvalue weighted by Crippen LogP contribution is 2.20. The van der Waals surface area contributed by atoms with Crippen LogP contribution in [0.3, 0.4) is 0 Å². The summed E-state index contributed by atoms with van der Waals surface area (Å²) >= 11 is 0. The Hall–Kier alpha value is -1.88. The van der Waals surface area contributed by atoms with Crippen molar-refractivity contribution >= 4 is 11.9 Å². The molecule has 2 rings (SSSR count). The summed E-state index contributed by atoms with van der Waals surface area (Å²) < 4.78 is 10.4. The van der Waals surface area contributed by atoms with Gasteiger partial charge in [0, 0.05) is 0 Å². The maximum atomic E-state index is 12.0. The molecule has 0 aliphatic heterocycles. The predicted molar refractivity (Wildman–Crippen MR) is 82.2 cm³/mol. The Morgan fingerprint density at radius 2 is 1.86 bits per heavy atom. The van der Waals surface area contributed by atoms with E-state index in [9.17, 15) is 9.59 Å². The van der Waals surface area contributed by atoms with Crippen molar-refractivity contribution in [1.29, 1.82) is 0 Å². The van der Waals surface area contributed by atoms with Crippen LogP contribution in [0, 0.1) is 0 Å². The number of hydrogen-bond donors (Lipinski definition) is 1. The molecule has 0 radical (unpaired) electrons. The smallest absolute Gasteiger partial charge is 0.333 e. The fourth-order valence-electron chi connectivity index (χ4n) is 2.67. The summed E-state index contributed by atoms with van der Waals surface area (Å²) in [6.45, 7) is -0.0228. The van der Waals surface area contributed by atoms with Gasteiger partial charge in [0.05, 0.1) is 13.2 Å². The van der Waals surface area contributed by atoms with Crippen LogP contribution in [0.15, 0.2) is 30.3 Å². The fraction of sp³-hybridized carbons (Fsp3) is 0.529. The second kappa shape index (κ2) is 8.54. The van der Waals surface area contributed by atoms with Gasteiger partial charge in [-0.25, -0.2) is 4.79 Å². The first kappa shape index (κ1) is 16.5. The van der Waals surface area contributed by atoms with Crippen LogP contribution in [0.5, 0.6) is 0 Å². The molecule has 1 N–H and O–H groups in total. The maximum absolute atomic E-state index is 12.0. The van der Waals surface area contributed by atoms with Crippen molar-refractivity contribution in [2.75, 3.05) is 13.7 Å². The van der Waals surface area contributed by atoms with E-state index in [1.807, 2.05) is 18.2 Å². The summed E-state index contributed by atoms with van der Waals surface area (Å²) in [7, 11) is 1.31. The zero-order valence-corrected chi connectivity index (χ0v) is 12.9. The first-order valence-corrected chi connectivity index (χ1v) is 7.74. The van der Waals surface area contributed by atoms with E-state index in [2.05, 4.69) is 5.32 Å². The van der Waals surface area contributed by atoms with Crippen LogP contribution in [-0.2, 0) is 19.1 Å². The summed E-state index contributed by atoms with van der Waals surface area (Å²) in [5.74, 6) is -0.790. The largest absolute Gasteiger partial charge is 0.467 e. The summed E-state index contributed by atoms with van der Waals surface area (Å²) in [5, 5.41) is 2.69. The van der Waals surface area contributed by atoms with Gasteiger partial charge in [0.2, 0.25) is 5.91 Å². The zero-order valence-electron chi connectivity index (χ0n) is 12.9. The topological polar surface area (TPSA) is 64.6 Å². The lowest BCUT2D eigenvalue weighted by atomic mass is 9.98. The number of carbonyl (C=O) groups is 2. The number of benzene rings is 1. The molecule has 0 saturated heterocycles. The van der Waals surface area contributed by atoms with E-state index < -0.39 is 12.0 Å². The van der Waals surface area contributed by atoms with E-state index >= 15 is 0 Å². The van der Waals surface area contributed by atoms with Gasteiger partial charge < -0.3 is 14.8 Å². The molecule has 0 heterocycles. The van der Waals surface area contributed by atoms with Crippen LogP contribution in [0.2, 0.25) is 0 Å². The molecule has 5 heteroatoms. The minimum Gasteiger partial charge on any atom is -0.467 e. The van der Waals surface area contributed by atoms with Gasteiger partial charge in [-0.1, -0.05) is 49.6 Å². The second-order valence-corrected chi connectivity index (χ2v) is 5.51. The minimum atomic E-state index is -0.798. The molecule has 0 spiro atoms. The normalized spacial score (nSPS) is 16.8. The third-order valence-electron chi connectivity index (χ3n) is 3.88. The van der Waals surface area contributed by atoms with E-state index in [4.69, 9.17) is 9.47 Å². The first-order chi connectivity index (χ1) is 10.7. The molecule has 1 aliphatic rings. The first-order valence-electron chi connectivity index (χ1n) is 7.74. The summed E-state index contributed by atoms with van der Waals surface area (Å²) in [4.78, 5) is 23.9. The fourth-order valence-corrected chi connectivity index (χ4v) is 2.67. The molecule has 5 nitrogen and oxygen atoms in total. The van der Waals surface area contributed by atoms with Gasteiger partial charge in [0.1, 0.15) is 6.61 Å². The molecule has 120 valence electrons. The van der Waals surface area contributed by atoms with Gasteiger partial charge in [0.25, 0.3) is 0 Å². The lowest BCUT2D eigenvalue weighted by Gasteiger charge is -2.22. The molecular weight excluding hydrogens is 282 g/mol. The van der Waals surface area contributed by atoms with E-state index in [1.165, 1.54) is 13.5 Å². The highest BCUT2D eigenvalue weighted by atomic mass is 16.5. The van der Waals surface area contributed by atoms with Gasteiger partial charge in [-0.2, -0.15) is 0 Å². The van der Waals surface area contributed by atoms with Crippen molar-refractivity contribution in [3.05, 3.63) is 35.9 Å². The van der Waals surface area contributed by atoms with Crippen molar-refractivity contribution < 1.29 is 19.1 Å². The van der Waals surface area contributed by atoms with Crippen molar-refractivity contribution in [3.8, 4) is 0 Å². The van der Waals surface area contributed by atoms with Gasteiger partial charge in [-0.05, 0) is 18.4 Å². The molecule has 1 saturated carbocycles. The number of rotatable bonds is 6. The van der Waals surface area contributed by atoms with Crippen molar-refractivity contribution in [2.45, 2.75) is 44.2 Å². The number of carbonyl (C=O) groups excluding carboxylic acids is 2. The van der Waals surface area contributed by atoms with Gasteiger partial charge in [0.15, 0.2) is 6.04 Å². The monoisotopic (exact) mass is 305 g/mol. The number of methoxy groups -OCH3 is 1. The van der Waals surface area contributed by atoms with Crippen LogP contribution < -0.4 is 5.32 Å². The molecule has 1 atom stereocenters. The Morgan fingerprint density at radius 3 is 2.50 bits per heavy atom. The van der Waals surface area contributed by atoms with E-state index in [-0.39, 0.29) is 18.6 Å². The Morgan fingerprint density at radius 1 is 1.18 bits per heavy atom. The van der Waals surface area contributed by atoms with Crippen LogP contribution in [0.1, 0.15) is 43.7 Å². The molecule has 1 fully saturated rings. The SMILES string of the molecule is COC(=O)[C@H](NC(=O)COC1CCCCC1)c1ccccc1. The summed E-state index contributed by atoms with van der Waals surface area (Å²) in [6.07, 6.45) is 5.72. The van der Waals surface area contributed by atoms with Gasteiger partial charge >= 0.3 is 5.97 Å². The third kappa shape index (κ3) is 4.84. The minimum absolute atomic E-state index is 0.0228. The molecule has 1 amide bonds. The molecular formula is C17H23NO4. The summed E-state index contributed by atoms with van der Waals surface area (Å²) in [5.41, 5.74) is 0.695. The lowest BCUT2D eigenvalue weighted by molar-refractivity contribution is -0.146. The van der Waals surface area contributed by atoms with E-state index in [0.717, 1.165) is 25.7 Å². The van der Waals surface area contributed by atoms with Crippen LogP contribution in [0.4, 0.5) is 0 Å². The lowest BCUT2D eigenvalue weighted by Crippen LogP contribution is -2.37. The Bertz CT molecular complexity index is 483. The molecule has 22 heavy (non-hydrogen) atoms. The highest BCUT2D eigenvalue weighted by molar-refractivity contribution is 5.86. The van der Waals surface area contributed by atoms with Crippen molar-refractivity contribution in [3.63, 3.8) is 0 Å². The average molecular weight is 305 g/mol. The standard InChI is InChI=1S/C17H23NO4/c1-21-17(20)16(13-8-4-2-5-9-13)18-15(19)12-22-14-10-6-3-7-11-14/h2,4-5,8-9,14,16H,3,6-7,10-12H2,1H3,(H,18,19)/t16-/m1/s1. The molecule has 0 unspecified atom stereocenters. The van der Waals surface area contributed by atoms with Crippen molar-refractivity contribution in [1.82, 2.24) is 5.32 Å². The van der Waals surface area contributed by atoms with Crippen LogP contribution in [-0.4, -0.2) is 31.7 Å². The molecule has 0 aromatic heterocycles. The molecule has 0 bridgehead atoms. The Labute approximate surface area is 131 Å². The molecule has 1 aromatic rings. The zero-order chi connectivity index (χ0) is 15.8. The molecule has 1 aromatic carbocycles. The maximum Gasteiger partial charge on any atom is 0.333 e. The predicted octanol–water partition coefficient (Wildman–Crippen LogP) is 2.37. The number of esters is 1. The van der Waals surface area contributed by atoms with E-state index in [0.29, 0.717) is 5.56 Å². The Kier molecular flexibility index (Phi) is 6.40. The average Bonchev–Trinajstić information content (AvgIpc) is 2.59. The number of nitrogens with one attached hydrogen (secondary N) is 1. The quantitative estimate of drug-likeness (QED) is 0.820. The van der Waals surface area contributed by atoms with Gasteiger partial charge in [-0.3, -0.25) is 4.79 Å². The molecule has 1 aliphatic carbocycles. The number of ether oxygens (including phenoxy) is 2. The number of hydrogen-bond acceptors (Lipinski definition) is 4.